The third kappa shape index (κ3) is 2.46. The van der Waals surface area contributed by atoms with Gasteiger partial charge in [-0.15, -0.1) is 0 Å². The molecule has 0 saturated heterocycles. The van der Waals surface area contributed by atoms with Crippen molar-refractivity contribution in [2.45, 2.75) is 13.0 Å². The zero-order chi connectivity index (χ0) is 13.9. The topological polar surface area (TPSA) is 50.9 Å². The van der Waals surface area contributed by atoms with Gasteiger partial charge >= 0.3 is 0 Å². The summed E-state index contributed by atoms with van der Waals surface area (Å²) in [6.07, 6.45) is 6.27. The molecule has 1 N–H and O–H groups in total. The van der Waals surface area contributed by atoms with Gasteiger partial charge in [-0.1, -0.05) is 35.9 Å². The van der Waals surface area contributed by atoms with Gasteiger partial charge < -0.3 is 5.11 Å². The summed E-state index contributed by atoms with van der Waals surface area (Å²) in [7, 11) is 0. The number of hydrogen-bond acceptors (Lipinski definition) is 3. The van der Waals surface area contributed by atoms with Crippen molar-refractivity contribution in [3.05, 3.63) is 78.0 Å². The predicted octanol–water partition coefficient (Wildman–Crippen LogP) is 2.66. The molecule has 0 spiro atoms. The first-order valence-corrected chi connectivity index (χ1v) is 6.43. The molecule has 20 heavy (non-hydrogen) atoms. The fraction of sp³-hybridized carbons (Fsp3) is 0.125. The molecular weight excluding hydrogens is 250 g/mol. The molecule has 0 radical (unpaired) electrons. The molecule has 100 valence electrons. The van der Waals surface area contributed by atoms with Crippen LogP contribution in [-0.2, 0) is 0 Å². The molecule has 3 aromatic rings. The van der Waals surface area contributed by atoms with E-state index in [1.54, 1.807) is 18.7 Å². The minimum atomic E-state index is -0.653. The van der Waals surface area contributed by atoms with E-state index >= 15 is 0 Å². The lowest BCUT2D eigenvalue weighted by atomic mass is 10.0. The highest BCUT2D eigenvalue weighted by atomic mass is 16.3. The number of rotatable bonds is 3. The minimum Gasteiger partial charge on any atom is -0.384 e. The van der Waals surface area contributed by atoms with Crippen molar-refractivity contribution >= 4 is 0 Å². The van der Waals surface area contributed by atoms with Crippen molar-refractivity contribution in [2.24, 2.45) is 0 Å². The van der Waals surface area contributed by atoms with Gasteiger partial charge in [0.15, 0.2) is 0 Å². The number of benzene rings is 1. The maximum absolute atomic E-state index is 10.3. The summed E-state index contributed by atoms with van der Waals surface area (Å²) < 4.78 is 1.82. The number of aliphatic hydroxyl groups is 1. The van der Waals surface area contributed by atoms with Crippen LogP contribution in [-0.4, -0.2) is 19.6 Å². The molecule has 4 heteroatoms. The van der Waals surface area contributed by atoms with Gasteiger partial charge in [-0.05, 0) is 18.6 Å². The molecule has 0 fully saturated rings. The van der Waals surface area contributed by atoms with E-state index in [-0.39, 0.29) is 0 Å². The van der Waals surface area contributed by atoms with E-state index < -0.39 is 6.10 Å². The van der Waals surface area contributed by atoms with Crippen LogP contribution < -0.4 is 0 Å². The summed E-state index contributed by atoms with van der Waals surface area (Å²) in [4.78, 5) is 8.33. The fourth-order valence-electron chi connectivity index (χ4n) is 2.05. The first-order valence-electron chi connectivity index (χ1n) is 6.43. The second-order valence-electron chi connectivity index (χ2n) is 4.73. The molecule has 0 aliphatic rings. The Morgan fingerprint density at radius 3 is 2.40 bits per heavy atom. The van der Waals surface area contributed by atoms with Gasteiger partial charge in [0, 0.05) is 24.2 Å². The summed E-state index contributed by atoms with van der Waals surface area (Å²) in [5.41, 5.74) is 2.82. The fourth-order valence-corrected chi connectivity index (χ4v) is 2.05. The molecular formula is C16H15N3O. The standard InChI is InChI=1S/C16H15N3O/c1-12-2-4-13(5-3-12)16(20)14-6-7-15(18-10-14)19-9-8-17-11-19/h2-11,16,20H,1H3. The van der Waals surface area contributed by atoms with Gasteiger partial charge in [0.2, 0.25) is 0 Å². The average Bonchev–Trinajstić information content (AvgIpc) is 3.02. The molecule has 1 aromatic carbocycles. The zero-order valence-electron chi connectivity index (χ0n) is 11.1. The number of pyridine rings is 1. The van der Waals surface area contributed by atoms with Crippen LogP contribution in [0.3, 0.4) is 0 Å². The van der Waals surface area contributed by atoms with Gasteiger partial charge in [-0.25, -0.2) is 9.97 Å². The van der Waals surface area contributed by atoms with Crippen molar-refractivity contribution in [3.8, 4) is 5.82 Å². The lowest BCUT2D eigenvalue weighted by Crippen LogP contribution is -2.02. The highest BCUT2D eigenvalue weighted by Crippen LogP contribution is 2.22. The van der Waals surface area contributed by atoms with E-state index in [2.05, 4.69) is 9.97 Å². The predicted molar refractivity (Wildman–Crippen MR) is 76.6 cm³/mol. The Balaban J connectivity index is 1.85. The third-order valence-corrected chi connectivity index (χ3v) is 3.25. The molecule has 2 aromatic heterocycles. The van der Waals surface area contributed by atoms with Crippen LogP contribution in [0.4, 0.5) is 0 Å². The second kappa shape index (κ2) is 5.27. The number of imidazole rings is 1. The van der Waals surface area contributed by atoms with E-state index in [0.717, 1.165) is 16.9 Å². The summed E-state index contributed by atoms with van der Waals surface area (Å²) >= 11 is 0. The maximum atomic E-state index is 10.3. The highest BCUT2D eigenvalue weighted by molar-refractivity contribution is 5.33. The summed E-state index contributed by atoms with van der Waals surface area (Å²) in [6.45, 7) is 2.03. The van der Waals surface area contributed by atoms with Crippen molar-refractivity contribution in [3.63, 3.8) is 0 Å². The molecule has 0 amide bonds. The Hall–Kier alpha value is -2.46. The van der Waals surface area contributed by atoms with E-state index in [1.165, 1.54) is 5.56 Å². The maximum Gasteiger partial charge on any atom is 0.137 e. The lowest BCUT2D eigenvalue weighted by Gasteiger charge is -2.12. The largest absolute Gasteiger partial charge is 0.384 e. The van der Waals surface area contributed by atoms with Crippen LogP contribution in [0.15, 0.2) is 61.3 Å². The summed E-state index contributed by atoms with van der Waals surface area (Å²) in [6, 6.07) is 11.6. The quantitative estimate of drug-likeness (QED) is 0.792. The number of hydrogen-bond donors (Lipinski definition) is 1. The monoisotopic (exact) mass is 265 g/mol. The summed E-state index contributed by atoms with van der Waals surface area (Å²) in [5.74, 6) is 0.780. The van der Waals surface area contributed by atoms with Crippen LogP contribution in [0.25, 0.3) is 5.82 Å². The van der Waals surface area contributed by atoms with Crippen LogP contribution in [0.5, 0.6) is 0 Å². The minimum absolute atomic E-state index is 0.653. The zero-order valence-corrected chi connectivity index (χ0v) is 11.1. The van der Waals surface area contributed by atoms with Crippen molar-refractivity contribution in [1.82, 2.24) is 14.5 Å². The van der Waals surface area contributed by atoms with Gasteiger partial charge in [-0.2, -0.15) is 0 Å². The molecule has 2 heterocycles. The van der Waals surface area contributed by atoms with Crippen LogP contribution in [0.2, 0.25) is 0 Å². The Bertz CT molecular complexity index is 673. The van der Waals surface area contributed by atoms with Crippen molar-refractivity contribution in [2.75, 3.05) is 0 Å². The Kier molecular flexibility index (Phi) is 3.31. The molecule has 0 aliphatic carbocycles. The molecule has 0 bridgehead atoms. The van der Waals surface area contributed by atoms with Gasteiger partial charge in [-0.3, -0.25) is 4.57 Å². The van der Waals surface area contributed by atoms with E-state index in [1.807, 2.05) is 54.1 Å². The first-order chi connectivity index (χ1) is 9.74. The Morgan fingerprint density at radius 2 is 1.80 bits per heavy atom. The molecule has 0 saturated carbocycles. The number of nitrogens with zero attached hydrogens (tertiary/aromatic N) is 3. The van der Waals surface area contributed by atoms with E-state index in [0.29, 0.717) is 0 Å². The highest BCUT2D eigenvalue weighted by Gasteiger charge is 2.10. The normalized spacial score (nSPS) is 12.3. The van der Waals surface area contributed by atoms with E-state index in [4.69, 9.17) is 0 Å². The number of aromatic nitrogens is 3. The summed E-state index contributed by atoms with van der Waals surface area (Å²) in [5, 5.41) is 10.3. The molecule has 4 nitrogen and oxygen atoms in total. The van der Waals surface area contributed by atoms with Crippen LogP contribution >= 0.6 is 0 Å². The van der Waals surface area contributed by atoms with Crippen molar-refractivity contribution < 1.29 is 5.11 Å². The smallest absolute Gasteiger partial charge is 0.137 e. The Labute approximate surface area is 117 Å². The van der Waals surface area contributed by atoms with Crippen LogP contribution in [0, 0.1) is 6.92 Å². The Morgan fingerprint density at radius 1 is 1.05 bits per heavy atom. The molecule has 3 rings (SSSR count). The molecule has 0 aliphatic heterocycles. The average molecular weight is 265 g/mol. The van der Waals surface area contributed by atoms with Crippen LogP contribution in [0.1, 0.15) is 22.8 Å². The molecule has 1 unspecified atom stereocenters. The van der Waals surface area contributed by atoms with Gasteiger partial charge in [0.05, 0.1) is 0 Å². The molecule has 1 atom stereocenters. The number of aliphatic hydroxyl groups excluding tert-OH is 1. The van der Waals surface area contributed by atoms with Gasteiger partial charge in [0.25, 0.3) is 0 Å². The van der Waals surface area contributed by atoms with Gasteiger partial charge in [0.1, 0.15) is 18.2 Å². The van der Waals surface area contributed by atoms with Crippen molar-refractivity contribution in [1.29, 1.82) is 0 Å². The SMILES string of the molecule is Cc1ccc(C(O)c2ccc(-n3ccnc3)nc2)cc1. The third-order valence-electron chi connectivity index (χ3n) is 3.25. The van der Waals surface area contributed by atoms with E-state index in [9.17, 15) is 5.11 Å². The number of aryl methyl sites for hydroxylation is 1. The second-order valence-corrected chi connectivity index (χ2v) is 4.73. The lowest BCUT2D eigenvalue weighted by molar-refractivity contribution is 0.220. The first kappa shape index (κ1) is 12.6.